The van der Waals surface area contributed by atoms with Crippen LogP contribution in [-0.2, 0) is 14.8 Å². The highest BCUT2D eigenvalue weighted by Gasteiger charge is 2.32. The normalized spacial score (nSPS) is 12.1. The van der Waals surface area contributed by atoms with E-state index in [1.54, 1.807) is 24.3 Å². The van der Waals surface area contributed by atoms with E-state index in [2.05, 4.69) is 5.32 Å². The van der Waals surface area contributed by atoms with Crippen LogP contribution in [0.1, 0.15) is 6.92 Å². The largest absolute Gasteiger partial charge is 0.497 e. The van der Waals surface area contributed by atoms with E-state index in [0.29, 0.717) is 22.2 Å². The van der Waals surface area contributed by atoms with Crippen molar-refractivity contribution in [1.29, 1.82) is 0 Å². The number of nitrogens with one attached hydrogen (secondary N) is 1. The molecule has 0 fully saturated rings. The van der Waals surface area contributed by atoms with Gasteiger partial charge in [0, 0.05) is 11.1 Å². The third kappa shape index (κ3) is 5.24. The molecule has 158 valence electrons. The first-order valence-corrected chi connectivity index (χ1v) is 10.7. The van der Waals surface area contributed by atoms with E-state index in [1.165, 1.54) is 40.4 Å². The van der Waals surface area contributed by atoms with E-state index >= 15 is 0 Å². The minimum Gasteiger partial charge on any atom is -0.497 e. The Morgan fingerprint density at radius 2 is 1.66 bits per heavy atom. The van der Waals surface area contributed by atoms with E-state index in [9.17, 15) is 13.2 Å². The zero-order valence-electron chi connectivity index (χ0n) is 16.7. The van der Waals surface area contributed by atoms with Crippen molar-refractivity contribution in [1.82, 2.24) is 0 Å². The van der Waals surface area contributed by atoms with Gasteiger partial charge >= 0.3 is 0 Å². The molecule has 1 atom stereocenters. The number of hydrogen-bond donors (Lipinski definition) is 1. The fourth-order valence-electron chi connectivity index (χ4n) is 2.77. The molecule has 29 heavy (non-hydrogen) atoms. The summed E-state index contributed by atoms with van der Waals surface area (Å²) in [6, 6.07) is 8.30. The maximum Gasteiger partial charge on any atom is 0.248 e. The van der Waals surface area contributed by atoms with Crippen LogP contribution in [0.2, 0.25) is 5.02 Å². The summed E-state index contributed by atoms with van der Waals surface area (Å²) in [6.45, 7) is 1.46. The number of carbonyl (C=O) groups excluding carboxylic acids is 1. The first-order valence-electron chi connectivity index (χ1n) is 8.48. The molecule has 0 spiro atoms. The summed E-state index contributed by atoms with van der Waals surface area (Å²) >= 11 is 6.00. The van der Waals surface area contributed by atoms with E-state index in [0.717, 1.165) is 10.6 Å². The Morgan fingerprint density at radius 3 is 2.21 bits per heavy atom. The third-order valence-electron chi connectivity index (χ3n) is 4.13. The summed E-state index contributed by atoms with van der Waals surface area (Å²) in [6.07, 6.45) is 1.01. The molecule has 0 aliphatic rings. The van der Waals surface area contributed by atoms with E-state index in [1.807, 2.05) is 0 Å². The quantitative estimate of drug-likeness (QED) is 0.674. The highest BCUT2D eigenvalue weighted by molar-refractivity contribution is 7.92. The van der Waals surface area contributed by atoms with Gasteiger partial charge in [-0.15, -0.1) is 0 Å². The number of halogens is 1. The molecule has 0 saturated heterocycles. The second-order valence-electron chi connectivity index (χ2n) is 6.11. The number of rotatable bonds is 8. The zero-order valence-corrected chi connectivity index (χ0v) is 18.3. The van der Waals surface area contributed by atoms with E-state index in [-0.39, 0.29) is 11.4 Å². The van der Waals surface area contributed by atoms with Gasteiger partial charge in [0.1, 0.15) is 23.3 Å². The van der Waals surface area contributed by atoms with Crippen LogP contribution in [0.5, 0.6) is 17.2 Å². The number of carbonyl (C=O) groups is 1. The fraction of sp³-hybridized carbons (Fsp3) is 0.316. The molecule has 0 aliphatic carbocycles. The predicted molar refractivity (Wildman–Crippen MR) is 113 cm³/mol. The van der Waals surface area contributed by atoms with Crippen molar-refractivity contribution in [3.63, 3.8) is 0 Å². The Labute approximate surface area is 175 Å². The molecule has 1 amide bonds. The molecule has 0 saturated carbocycles. The molecular weight excluding hydrogens is 420 g/mol. The lowest BCUT2D eigenvalue weighted by atomic mass is 10.2. The number of benzene rings is 2. The lowest BCUT2D eigenvalue weighted by molar-refractivity contribution is -0.116. The van der Waals surface area contributed by atoms with Gasteiger partial charge < -0.3 is 19.5 Å². The Hall–Kier alpha value is -2.65. The average Bonchev–Trinajstić information content (AvgIpc) is 2.67. The molecule has 0 heterocycles. The lowest BCUT2D eigenvalue weighted by Crippen LogP contribution is -2.45. The molecule has 2 aromatic rings. The van der Waals surface area contributed by atoms with Gasteiger partial charge in [0.05, 0.1) is 39.0 Å². The van der Waals surface area contributed by atoms with Crippen LogP contribution in [0.15, 0.2) is 36.4 Å². The standard InChI is InChI=1S/C19H23ClN2O6S/c1-12(19(23)21-15-10-13(20)6-8-17(15)27-3)22(29(5,24)25)16-11-14(26-2)7-9-18(16)28-4/h6-12H,1-5H3,(H,21,23). The second-order valence-corrected chi connectivity index (χ2v) is 8.40. The number of hydrogen-bond acceptors (Lipinski definition) is 6. The molecule has 1 N–H and O–H groups in total. The highest BCUT2D eigenvalue weighted by Crippen LogP contribution is 2.35. The molecule has 0 radical (unpaired) electrons. The minimum absolute atomic E-state index is 0.176. The van der Waals surface area contributed by atoms with Gasteiger partial charge in [0.25, 0.3) is 0 Å². The van der Waals surface area contributed by atoms with Crippen LogP contribution in [0.3, 0.4) is 0 Å². The maximum absolute atomic E-state index is 12.9. The van der Waals surface area contributed by atoms with Crippen LogP contribution >= 0.6 is 11.6 Å². The van der Waals surface area contributed by atoms with Crippen molar-refractivity contribution in [2.45, 2.75) is 13.0 Å². The Kier molecular flexibility index (Phi) is 7.21. The van der Waals surface area contributed by atoms with E-state index < -0.39 is 22.0 Å². The summed E-state index contributed by atoms with van der Waals surface area (Å²) in [5.74, 6) is 0.496. The van der Waals surface area contributed by atoms with Crippen molar-refractivity contribution in [2.24, 2.45) is 0 Å². The van der Waals surface area contributed by atoms with Crippen molar-refractivity contribution < 1.29 is 27.4 Å². The van der Waals surface area contributed by atoms with Crippen molar-refractivity contribution in [3.8, 4) is 17.2 Å². The summed E-state index contributed by atoms with van der Waals surface area (Å²) in [4.78, 5) is 12.9. The summed E-state index contributed by atoms with van der Waals surface area (Å²) in [5.41, 5.74) is 0.498. The van der Waals surface area contributed by atoms with Crippen LogP contribution in [-0.4, -0.2) is 48.0 Å². The minimum atomic E-state index is -3.86. The smallest absolute Gasteiger partial charge is 0.248 e. The Balaban J connectivity index is 2.47. The van der Waals surface area contributed by atoms with Crippen molar-refractivity contribution >= 4 is 38.9 Å². The van der Waals surface area contributed by atoms with Gasteiger partial charge in [-0.25, -0.2) is 8.42 Å². The zero-order chi connectivity index (χ0) is 21.8. The van der Waals surface area contributed by atoms with E-state index in [4.69, 9.17) is 25.8 Å². The maximum atomic E-state index is 12.9. The van der Waals surface area contributed by atoms with Gasteiger partial charge in [-0.1, -0.05) is 11.6 Å². The van der Waals surface area contributed by atoms with Gasteiger partial charge in [0.15, 0.2) is 0 Å². The summed E-state index contributed by atoms with van der Waals surface area (Å²) < 4.78 is 41.8. The number of nitrogens with zero attached hydrogens (tertiary/aromatic N) is 1. The molecule has 0 aromatic heterocycles. The molecule has 0 bridgehead atoms. The van der Waals surface area contributed by atoms with Gasteiger partial charge in [-0.3, -0.25) is 9.10 Å². The van der Waals surface area contributed by atoms with Crippen LogP contribution < -0.4 is 23.8 Å². The van der Waals surface area contributed by atoms with Crippen molar-refractivity contribution in [3.05, 3.63) is 41.4 Å². The number of methoxy groups -OCH3 is 3. The first-order chi connectivity index (χ1) is 13.6. The highest BCUT2D eigenvalue weighted by atomic mass is 35.5. The number of ether oxygens (including phenoxy) is 3. The topological polar surface area (TPSA) is 94.2 Å². The Bertz CT molecular complexity index is 996. The van der Waals surface area contributed by atoms with Crippen molar-refractivity contribution in [2.75, 3.05) is 37.2 Å². The van der Waals surface area contributed by atoms with Crippen LogP contribution in [0, 0.1) is 0 Å². The number of amides is 1. The van der Waals surface area contributed by atoms with Gasteiger partial charge in [0.2, 0.25) is 15.9 Å². The van der Waals surface area contributed by atoms with Crippen LogP contribution in [0.25, 0.3) is 0 Å². The first kappa shape index (κ1) is 22.6. The summed E-state index contributed by atoms with van der Waals surface area (Å²) in [5, 5.41) is 3.06. The predicted octanol–water partition coefficient (Wildman–Crippen LogP) is 3.16. The lowest BCUT2D eigenvalue weighted by Gasteiger charge is -2.29. The molecule has 1 unspecified atom stereocenters. The molecular formula is C19H23ClN2O6S. The number of sulfonamides is 1. The molecule has 2 aromatic carbocycles. The fourth-order valence-corrected chi connectivity index (χ4v) is 4.11. The second kappa shape index (κ2) is 9.23. The van der Waals surface area contributed by atoms with Gasteiger partial charge in [-0.2, -0.15) is 0 Å². The SMILES string of the molecule is COc1ccc(OC)c(N(C(C)C(=O)Nc2cc(Cl)ccc2OC)S(C)(=O)=O)c1. The summed E-state index contributed by atoms with van der Waals surface area (Å²) in [7, 11) is 0.461. The number of anilines is 2. The third-order valence-corrected chi connectivity index (χ3v) is 5.59. The molecule has 10 heteroatoms. The molecule has 8 nitrogen and oxygen atoms in total. The monoisotopic (exact) mass is 442 g/mol. The van der Waals surface area contributed by atoms with Crippen LogP contribution in [0.4, 0.5) is 11.4 Å². The molecule has 2 rings (SSSR count). The Morgan fingerprint density at radius 1 is 1.03 bits per heavy atom. The average molecular weight is 443 g/mol. The van der Waals surface area contributed by atoms with Gasteiger partial charge in [-0.05, 0) is 37.3 Å². The molecule has 0 aliphatic heterocycles.